The molecule has 0 atom stereocenters. The molecule has 2 aromatic heterocycles. The normalized spacial score (nSPS) is 11.1. The van der Waals surface area contributed by atoms with Gasteiger partial charge in [-0.25, -0.2) is 4.98 Å². The minimum Gasteiger partial charge on any atom is -0.326 e. The molecular weight excluding hydrogens is 242 g/mol. The topological polar surface area (TPSA) is 51.8 Å². The van der Waals surface area contributed by atoms with Crippen molar-refractivity contribution in [3.63, 3.8) is 0 Å². The van der Waals surface area contributed by atoms with E-state index in [0.29, 0.717) is 12.5 Å². The van der Waals surface area contributed by atoms with Crippen molar-refractivity contribution in [2.75, 3.05) is 0 Å². The third-order valence-corrected chi connectivity index (χ3v) is 3.83. The molecule has 2 N–H and O–H groups in total. The van der Waals surface area contributed by atoms with Gasteiger partial charge >= 0.3 is 0 Å². The van der Waals surface area contributed by atoms with Crippen molar-refractivity contribution in [1.82, 2.24) is 9.97 Å². The Hall–Kier alpha value is -1.26. The van der Waals surface area contributed by atoms with Gasteiger partial charge in [-0.1, -0.05) is 13.8 Å². The summed E-state index contributed by atoms with van der Waals surface area (Å²) in [5.41, 5.74) is 8.22. The third kappa shape index (κ3) is 3.37. The summed E-state index contributed by atoms with van der Waals surface area (Å²) in [6.45, 7) is 5.01. The van der Waals surface area contributed by atoms with Crippen LogP contribution in [-0.2, 0) is 19.4 Å². The lowest BCUT2D eigenvalue weighted by Gasteiger charge is -2.02. The van der Waals surface area contributed by atoms with Crippen molar-refractivity contribution in [1.29, 1.82) is 0 Å². The highest BCUT2D eigenvalue weighted by molar-refractivity contribution is 7.11. The van der Waals surface area contributed by atoms with Crippen LogP contribution < -0.4 is 5.73 Å². The van der Waals surface area contributed by atoms with Crippen molar-refractivity contribution >= 4 is 11.3 Å². The summed E-state index contributed by atoms with van der Waals surface area (Å²) in [7, 11) is 0. The Bertz CT molecular complexity index is 491. The first-order valence-electron chi connectivity index (χ1n) is 6.25. The number of thiazole rings is 1. The molecule has 96 valence electrons. The number of nitrogens with two attached hydrogens (primary N) is 1. The van der Waals surface area contributed by atoms with E-state index in [4.69, 9.17) is 10.7 Å². The predicted molar refractivity (Wildman–Crippen MR) is 75.6 cm³/mol. The van der Waals surface area contributed by atoms with E-state index < -0.39 is 0 Å². The maximum absolute atomic E-state index is 5.79. The average molecular weight is 261 g/mol. The molecule has 0 saturated heterocycles. The molecule has 18 heavy (non-hydrogen) atoms. The summed E-state index contributed by atoms with van der Waals surface area (Å²) in [5.74, 6) is 0.617. The van der Waals surface area contributed by atoms with Gasteiger partial charge in [0.15, 0.2) is 0 Å². The van der Waals surface area contributed by atoms with Gasteiger partial charge in [-0.05, 0) is 30.0 Å². The fourth-order valence-corrected chi connectivity index (χ4v) is 2.90. The molecule has 0 saturated carbocycles. The van der Waals surface area contributed by atoms with E-state index in [2.05, 4.69) is 18.8 Å². The lowest BCUT2D eigenvalue weighted by atomic mass is 10.1. The van der Waals surface area contributed by atoms with Gasteiger partial charge in [0, 0.05) is 30.2 Å². The largest absolute Gasteiger partial charge is 0.326 e. The first kappa shape index (κ1) is 13.2. The van der Waals surface area contributed by atoms with Crippen molar-refractivity contribution in [3.8, 4) is 0 Å². The van der Waals surface area contributed by atoms with E-state index in [1.807, 2.05) is 24.5 Å². The number of pyridine rings is 1. The van der Waals surface area contributed by atoms with E-state index in [-0.39, 0.29) is 0 Å². The minimum atomic E-state index is 0.593. The Morgan fingerprint density at radius 2 is 2.00 bits per heavy atom. The van der Waals surface area contributed by atoms with Crippen LogP contribution in [0.2, 0.25) is 0 Å². The van der Waals surface area contributed by atoms with E-state index >= 15 is 0 Å². The van der Waals surface area contributed by atoms with E-state index in [1.54, 1.807) is 11.3 Å². The molecule has 2 heterocycles. The highest BCUT2D eigenvalue weighted by Gasteiger charge is 2.11. The zero-order valence-corrected chi connectivity index (χ0v) is 11.7. The van der Waals surface area contributed by atoms with Gasteiger partial charge in [0.05, 0.1) is 10.7 Å². The van der Waals surface area contributed by atoms with Gasteiger partial charge in [0.1, 0.15) is 0 Å². The molecule has 0 aromatic carbocycles. The number of rotatable bonds is 5. The average Bonchev–Trinajstić information content (AvgIpc) is 2.71. The molecule has 0 radical (unpaired) electrons. The fraction of sp³-hybridized carbons (Fsp3) is 0.429. The zero-order valence-electron chi connectivity index (χ0n) is 10.9. The Morgan fingerprint density at radius 3 is 2.61 bits per heavy atom. The van der Waals surface area contributed by atoms with Gasteiger partial charge in [-0.15, -0.1) is 11.3 Å². The monoisotopic (exact) mass is 261 g/mol. The van der Waals surface area contributed by atoms with Crippen LogP contribution >= 0.6 is 11.3 Å². The maximum atomic E-state index is 5.79. The Morgan fingerprint density at radius 1 is 1.28 bits per heavy atom. The van der Waals surface area contributed by atoms with Crippen molar-refractivity contribution in [3.05, 3.63) is 45.7 Å². The van der Waals surface area contributed by atoms with Gasteiger partial charge in [-0.2, -0.15) is 0 Å². The van der Waals surface area contributed by atoms with Gasteiger partial charge in [0.25, 0.3) is 0 Å². The Labute approximate surface area is 112 Å². The lowest BCUT2D eigenvalue weighted by Crippen LogP contribution is -2.02. The molecule has 0 aliphatic rings. The molecule has 2 rings (SSSR count). The van der Waals surface area contributed by atoms with E-state index in [0.717, 1.165) is 17.8 Å². The number of hydrogen-bond donors (Lipinski definition) is 1. The summed E-state index contributed by atoms with van der Waals surface area (Å²) in [4.78, 5) is 9.99. The minimum absolute atomic E-state index is 0.593. The molecule has 0 amide bonds. The smallest absolute Gasteiger partial charge is 0.0975 e. The van der Waals surface area contributed by atoms with E-state index in [1.165, 1.54) is 16.1 Å². The predicted octanol–water partition coefficient (Wildman–Crippen LogP) is 2.79. The highest BCUT2D eigenvalue weighted by atomic mass is 32.1. The Balaban J connectivity index is 2.17. The van der Waals surface area contributed by atoms with Crippen LogP contribution in [0.3, 0.4) is 0 Å². The van der Waals surface area contributed by atoms with Crippen LogP contribution in [0.4, 0.5) is 0 Å². The van der Waals surface area contributed by atoms with Crippen LogP contribution in [0.15, 0.2) is 24.5 Å². The number of hydrogen-bond acceptors (Lipinski definition) is 4. The van der Waals surface area contributed by atoms with Crippen LogP contribution in [0.5, 0.6) is 0 Å². The molecule has 0 spiro atoms. The molecule has 0 bridgehead atoms. The summed E-state index contributed by atoms with van der Waals surface area (Å²) in [6, 6.07) is 4.07. The first-order valence-corrected chi connectivity index (χ1v) is 7.07. The second kappa shape index (κ2) is 6.07. The molecular formula is C14H19N3S. The van der Waals surface area contributed by atoms with Crippen LogP contribution in [0, 0.1) is 5.92 Å². The number of nitrogens with zero attached hydrogens (tertiary/aromatic N) is 2. The van der Waals surface area contributed by atoms with Crippen molar-refractivity contribution < 1.29 is 0 Å². The second-order valence-corrected chi connectivity index (χ2v) is 5.98. The lowest BCUT2D eigenvalue weighted by molar-refractivity contribution is 0.632. The zero-order chi connectivity index (χ0) is 13.0. The van der Waals surface area contributed by atoms with Gasteiger partial charge in [-0.3, -0.25) is 4.98 Å². The molecule has 2 aromatic rings. The van der Waals surface area contributed by atoms with E-state index in [9.17, 15) is 0 Å². The first-order chi connectivity index (χ1) is 8.69. The maximum Gasteiger partial charge on any atom is 0.0975 e. The molecule has 0 aliphatic carbocycles. The molecule has 3 nitrogen and oxygen atoms in total. The second-order valence-electron chi connectivity index (χ2n) is 4.81. The number of aromatic nitrogens is 2. The molecule has 0 fully saturated rings. The molecule has 0 aliphatic heterocycles. The third-order valence-electron chi connectivity index (χ3n) is 2.71. The summed E-state index contributed by atoms with van der Waals surface area (Å²) < 4.78 is 0. The summed E-state index contributed by atoms with van der Waals surface area (Å²) in [6.07, 6.45) is 5.53. The highest BCUT2D eigenvalue weighted by Crippen LogP contribution is 2.22. The fourth-order valence-electron chi connectivity index (χ4n) is 1.89. The summed E-state index contributed by atoms with van der Waals surface area (Å²) in [5, 5.41) is 1.15. The Kier molecular flexibility index (Phi) is 4.44. The van der Waals surface area contributed by atoms with Crippen molar-refractivity contribution in [2.24, 2.45) is 11.7 Å². The SMILES string of the molecule is CC(C)Cc1nc(Cc2ccncc2)sc1CN. The van der Waals surface area contributed by atoms with Crippen LogP contribution in [0.25, 0.3) is 0 Å². The summed E-state index contributed by atoms with van der Waals surface area (Å²) >= 11 is 1.74. The van der Waals surface area contributed by atoms with Crippen molar-refractivity contribution in [2.45, 2.75) is 33.2 Å². The standard InChI is InChI=1S/C14H19N3S/c1-10(2)7-12-13(9-15)18-14(17-12)8-11-3-5-16-6-4-11/h3-6,10H,7-9,15H2,1-2H3. The van der Waals surface area contributed by atoms with Crippen LogP contribution in [-0.4, -0.2) is 9.97 Å². The molecule has 0 unspecified atom stereocenters. The quantitative estimate of drug-likeness (QED) is 0.900. The van der Waals surface area contributed by atoms with Crippen LogP contribution in [0.1, 0.15) is 35.0 Å². The van der Waals surface area contributed by atoms with Gasteiger partial charge in [0.2, 0.25) is 0 Å². The molecule has 4 heteroatoms. The van der Waals surface area contributed by atoms with Gasteiger partial charge < -0.3 is 5.73 Å².